The highest BCUT2D eigenvalue weighted by molar-refractivity contribution is 8.14. The van der Waals surface area contributed by atoms with Crippen LogP contribution >= 0.6 is 35.2 Å². The smallest absolute Gasteiger partial charge is 0.386 e. The number of nitrogens with two attached hydrogens (primary N) is 1. The summed E-state index contributed by atoms with van der Waals surface area (Å²) < 4.78 is 62.3. The number of ether oxygens (including phenoxy) is 1. The molecule has 3 heterocycles. The second-order valence-electron chi connectivity index (χ2n) is 14.9. The molecule has 10 N–H and O–H groups in total. The van der Waals surface area contributed by atoms with Gasteiger partial charge in [0.2, 0.25) is 16.9 Å². The van der Waals surface area contributed by atoms with Crippen LogP contribution in [0.2, 0.25) is 0 Å². The number of allylic oxidation sites excluding steroid dienone is 3. The number of aliphatic hydroxyl groups excluding tert-OH is 2. The van der Waals surface area contributed by atoms with E-state index in [2.05, 4.69) is 47.4 Å². The summed E-state index contributed by atoms with van der Waals surface area (Å²) in [5.41, 5.74) is 4.27. The number of nitrogens with zero attached hydrogens (tertiary/aromatic N) is 4. The van der Waals surface area contributed by atoms with Crippen LogP contribution in [0.1, 0.15) is 84.8 Å². The molecular weight excluding hydrogens is 915 g/mol. The Hall–Kier alpha value is -2.96. The second-order valence-corrected chi connectivity index (χ2v) is 20.2. The molecule has 0 bridgehead atoms. The third-order valence-electron chi connectivity index (χ3n) is 9.16. The maximum absolute atomic E-state index is 12.7. The predicted octanol–water partition coefficient (Wildman–Crippen LogP) is 2.92. The Labute approximate surface area is 368 Å². The van der Waals surface area contributed by atoms with Gasteiger partial charge in [0.1, 0.15) is 36.3 Å². The molecule has 2 aromatic rings. The minimum absolute atomic E-state index is 0.0307. The van der Waals surface area contributed by atoms with Gasteiger partial charge >= 0.3 is 23.5 Å². The van der Waals surface area contributed by atoms with Gasteiger partial charge in [0.15, 0.2) is 17.7 Å². The summed E-state index contributed by atoms with van der Waals surface area (Å²) in [6.07, 6.45) is 9.60. The van der Waals surface area contributed by atoms with Crippen LogP contribution in [-0.4, -0.2) is 123 Å². The van der Waals surface area contributed by atoms with Crippen LogP contribution in [0.3, 0.4) is 0 Å². The van der Waals surface area contributed by atoms with Crippen molar-refractivity contribution >= 4 is 69.1 Å². The third kappa shape index (κ3) is 19.2. The SMILES string of the molecule is CCCCCCCC/C=C/C/C=C/C(=O)SCCNC(=O)CCNC(=O)[C@H](O)C(C)(C)COP(=O)(O)OP(=O)(O)OC[C@H]1O[C@@H](n2cnc3c(N)ncnc32)[C@H](O)[C@@H]1OP(=O)(O)O. The fraction of sp³-hybridized carbons (Fsp3) is 0.657. The minimum Gasteiger partial charge on any atom is -0.386 e. The zero-order chi connectivity index (χ0) is 46.8. The molecule has 28 heteroatoms. The number of phosphoric acid groups is 3. The number of hydrogen-bond acceptors (Lipinski definition) is 18. The van der Waals surface area contributed by atoms with E-state index in [1.54, 1.807) is 6.08 Å². The number of carbonyl (C=O) groups excluding carboxylic acids is 3. The number of imidazole rings is 1. The fourth-order valence-electron chi connectivity index (χ4n) is 5.83. The first-order valence-corrected chi connectivity index (χ1v) is 25.4. The fourth-order valence-corrected chi connectivity index (χ4v) is 9.26. The molecule has 0 radical (unpaired) electrons. The van der Waals surface area contributed by atoms with Gasteiger partial charge in [-0.1, -0.05) is 82.9 Å². The lowest BCUT2D eigenvalue weighted by Gasteiger charge is -2.30. The molecule has 356 valence electrons. The van der Waals surface area contributed by atoms with Crippen molar-refractivity contribution in [2.75, 3.05) is 37.8 Å². The molecular formula is C35H58N7O17P3S. The number of nitrogens with one attached hydrogen (secondary N) is 2. The van der Waals surface area contributed by atoms with E-state index < -0.39 is 84.6 Å². The number of phosphoric ester groups is 3. The van der Waals surface area contributed by atoms with Gasteiger partial charge in [0, 0.05) is 30.7 Å². The van der Waals surface area contributed by atoms with Crippen LogP contribution < -0.4 is 16.4 Å². The Morgan fingerprint density at radius 1 is 0.984 bits per heavy atom. The van der Waals surface area contributed by atoms with Gasteiger partial charge in [-0.15, -0.1) is 0 Å². The summed E-state index contributed by atoms with van der Waals surface area (Å²) in [6, 6.07) is 0. The van der Waals surface area contributed by atoms with E-state index in [4.69, 9.17) is 19.5 Å². The van der Waals surface area contributed by atoms with E-state index in [0.717, 1.165) is 41.8 Å². The number of carbonyl (C=O) groups is 3. The summed E-state index contributed by atoms with van der Waals surface area (Å²) in [5, 5.41) is 26.3. The number of rotatable bonds is 29. The first-order valence-electron chi connectivity index (χ1n) is 19.9. The maximum atomic E-state index is 12.7. The first-order chi connectivity index (χ1) is 29.6. The monoisotopic (exact) mass is 973 g/mol. The molecule has 1 saturated heterocycles. The van der Waals surface area contributed by atoms with E-state index in [0.29, 0.717) is 12.2 Å². The standard InChI is InChI=1S/C35H58N7O17P3S/c1-4-5-6-7-8-9-10-11-12-13-14-15-26(44)63-19-18-37-25(43)16-17-38-33(47)30(46)35(2,3)21-56-62(53,54)59-61(51,52)55-20-24-29(58-60(48,49)50)28(45)34(57-24)42-23-41-27-31(36)39-22-40-32(27)42/h11-12,14-15,22-24,28-30,34,45-46H,4-10,13,16-21H2,1-3H3,(H,37,43)(H,38,47)(H,51,52)(H,53,54)(H2,36,39,40)(H2,48,49,50)/b12-11+,15-14+/t24-,28-,29-,30+,34-/m1/s1. The van der Waals surface area contributed by atoms with Crippen molar-refractivity contribution in [2.45, 2.75) is 109 Å². The van der Waals surface area contributed by atoms with Crippen LogP contribution in [0, 0.1) is 5.41 Å². The molecule has 0 spiro atoms. The Morgan fingerprint density at radius 2 is 1.68 bits per heavy atom. The maximum Gasteiger partial charge on any atom is 0.481 e. The van der Waals surface area contributed by atoms with Crippen molar-refractivity contribution < 1.29 is 80.5 Å². The number of aliphatic hydroxyl groups is 2. The average Bonchev–Trinajstić information content (AvgIpc) is 3.76. The Kier molecular flexibility index (Phi) is 22.1. The van der Waals surface area contributed by atoms with E-state index in [1.165, 1.54) is 52.0 Å². The number of hydrogen-bond donors (Lipinski definition) is 9. The summed E-state index contributed by atoms with van der Waals surface area (Å²) in [6.45, 7) is 2.68. The average molecular weight is 974 g/mol. The minimum atomic E-state index is -5.58. The van der Waals surface area contributed by atoms with Crippen molar-refractivity contribution in [2.24, 2.45) is 5.41 Å². The Morgan fingerprint density at radius 3 is 2.40 bits per heavy atom. The molecule has 0 aromatic carbocycles. The van der Waals surface area contributed by atoms with Gasteiger partial charge in [-0.2, -0.15) is 4.31 Å². The molecule has 2 amide bonds. The Bertz CT molecular complexity index is 2020. The summed E-state index contributed by atoms with van der Waals surface area (Å²) in [4.78, 5) is 88.0. The zero-order valence-corrected chi connectivity index (χ0v) is 38.5. The lowest BCUT2D eigenvalue weighted by atomic mass is 9.87. The summed E-state index contributed by atoms with van der Waals surface area (Å²) >= 11 is 1.04. The second kappa shape index (κ2) is 25.7. The zero-order valence-electron chi connectivity index (χ0n) is 35.0. The molecule has 1 fully saturated rings. The number of thioether (sulfide) groups is 1. The van der Waals surface area contributed by atoms with Crippen molar-refractivity contribution in [1.29, 1.82) is 0 Å². The van der Waals surface area contributed by atoms with Crippen LogP contribution in [0.25, 0.3) is 11.2 Å². The topological polar surface area (TPSA) is 364 Å². The third-order valence-corrected chi connectivity index (χ3v) is 13.1. The van der Waals surface area contributed by atoms with Gasteiger partial charge in [-0.05, 0) is 25.3 Å². The van der Waals surface area contributed by atoms with Gasteiger partial charge in [0.25, 0.3) is 0 Å². The number of aromatic nitrogens is 4. The lowest BCUT2D eigenvalue weighted by molar-refractivity contribution is -0.137. The van der Waals surface area contributed by atoms with Crippen molar-refractivity contribution in [3.05, 3.63) is 37.0 Å². The summed E-state index contributed by atoms with van der Waals surface area (Å²) in [5.74, 6) is -1.13. The van der Waals surface area contributed by atoms with E-state index in [-0.39, 0.29) is 41.6 Å². The highest BCUT2D eigenvalue weighted by Gasteiger charge is 2.50. The number of anilines is 1. The van der Waals surface area contributed by atoms with Crippen molar-refractivity contribution in [3.8, 4) is 0 Å². The molecule has 0 saturated carbocycles. The number of amides is 2. The van der Waals surface area contributed by atoms with E-state index in [9.17, 15) is 57.9 Å². The normalized spacial score (nSPS) is 20.8. The highest BCUT2D eigenvalue weighted by Crippen LogP contribution is 2.61. The first kappa shape index (κ1) is 54.4. The van der Waals surface area contributed by atoms with Crippen LogP contribution in [-0.2, 0) is 50.7 Å². The Balaban J connectivity index is 1.38. The molecule has 0 aliphatic carbocycles. The summed E-state index contributed by atoms with van der Waals surface area (Å²) in [7, 11) is -16.4. The largest absolute Gasteiger partial charge is 0.481 e. The molecule has 24 nitrogen and oxygen atoms in total. The molecule has 2 aromatic heterocycles. The quantitative estimate of drug-likeness (QED) is 0.0245. The van der Waals surface area contributed by atoms with Crippen molar-refractivity contribution in [3.63, 3.8) is 0 Å². The van der Waals surface area contributed by atoms with Crippen molar-refractivity contribution in [1.82, 2.24) is 30.2 Å². The number of fused-ring (bicyclic) bond motifs is 1. The van der Waals surface area contributed by atoms with E-state index >= 15 is 0 Å². The molecule has 3 rings (SSSR count). The highest BCUT2D eigenvalue weighted by atomic mass is 32.2. The molecule has 63 heavy (non-hydrogen) atoms. The van der Waals surface area contributed by atoms with Gasteiger partial charge in [0.05, 0.1) is 19.5 Å². The predicted molar refractivity (Wildman–Crippen MR) is 228 cm³/mol. The number of nitrogen functional groups attached to an aromatic ring is 1. The number of unbranched alkanes of at least 4 members (excludes halogenated alkanes) is 6. The molecule has 1 aliphatic heterocycles. The van der Waals surface area contributed by atoms with Crippen LogP contribution in [0.5, 0.6) is 0 Å². The molecule has 7 atom stereocenters. The van der Waals surface area contributed by atoms with Crippen LogP contribution in [0.4, 0.5) is 5.82 Å². The van der Waals surface area contributed by atoms with Gasteiger partial charge in [-0.25, -0.2) is 28.6 Å². The van der Waals surface area contributed by atoms with Gasteiger partial charge < -0.3 is 50.9 Å². The van der Waals surface area contributed by atoms with Gasteiger partial charge in [-0.3, -0.25) is 32.5 Å². The molecule has 1 aliphatic rings. The lowest BCUT2D eigenvalue weighted by Crippen LogP contribution is -2.46. The van der Waals surface area contributed by atoms with E-state index in [1.807, 2.05) is 6.08 Å². The van der Waals surface area contributed by atoms with Crippen LogP contribution in [0.15, 0.2) is 37.0 Å². The molecule has 2 unspecified atom stereocenters.